The molecule has 1 atom stereocenters. The quantitative estimate of drug-likeness (QED) is 0.920. The van der Waals surface area contributed by atoms with E-state index in [-0.39, 0.29) is 12.7 Å². The predicted octanol–water partition coefficient (Wildman–Crippen LogP) is 3.56. The highest BCUT2D eigenvalue weighted by atomic mass is 79.9. The van der Waals surface area contributed by atoms with Gasteiger partial charge in [-0.25, -0.2) is 0 Å². The van der Waals surface area contributed by atoms with Gasteiger partial charge >= 0.3 is 0 Å². The number of hydrogen-bond acceptors (Lipinski definition) is 2. The molecule has 4 heteroatoms. The van der Waals surface area contributed by atoms with Gasteiger partial charge in [0.15, 0.2) is 0 Å². The summed E-state index contributed by atoms with van der Waals surface area (Å²) in [6.45, 7) is 4.12. The third-order valence-corrected chi connectivity index (χ3v) is 2.73. The van der Waals surface area contributed by atoms with E-state index in [1.807, 2.05) is 19.9 Å². The average molecular weight is 294 g/mol. The molecule has 2 nitrogen and oxygen atoms in total. The zero-order valence-corrected chi connectivity index (χ0v) is 11.0. The van der Waals surface area contributed by atoms with Gasteiger partial charge in [-0.05, 0) is 26.0 Å². The van der Waals surface area contributed by atoms with E-state index in [1.54, 1.807) is 12.1 Å². The molecular weight excluding hydrogens is 279 g/mol. The zero-order chi connectivity index (χ0) is 11.4. The van der Waals surface area contributed by atoms with Crippen molar-refractivity contribution in [1.82, 2.24) is 0 Å². The molecule has 0 aliphatic carbocycles. The summed E-state index contributed by atoms with van der Waals surface area (Å²) in [5.41, 5.74) is 0.695. The molecule has 1 unspecified atom stereocenters. The lowest BCUT2D eigenvalue weighted by atomic mass is 10.1. The van der Waals surface area contributed by atoms with Crippen LogP contribution in [-0.2, 0) is 4.74 Å². The Morgan fingerprint density at radius 1 is 1.47 bits per heavy atom. The molecule has 0 fully saturated rings. The minimum atomic E-state index is -0.673. The van der Waals surface area contributed by atoms with Gasteiger partial charge in [0.2, 0.25) is 0 Å². The van der Waals surface area contributed by atoms with Crippen molar-refractivity contribution in [2.75, 3.05) is 6.61 Å². The molecule has 1 N–H and O–H groups in total. The maximum absolute atomic E-state index is 9.82. The summed E-state index contributed by atoms with van der Waals surface area (Å²) >= 11 is 9.30. The molecule has 0 bridgehead atoms. The van der Waals surface area contributed by atoms with Crippen molar-refractivity contribution in [2.24, 2.45) is 0 Å². The van der Waals surface area contributed by atoms with Crippen LogP contribution in [0.15, 0.2) is 22.7 Å². The van der Waals surface area contributed by atoms with Gasteiger partial charge in [0, 0.05) is 15.1 Å². The standard InChI is InChI=1S/C11H14BrClO2/c1-7(2)15-6-11(14)9-4-3-8(12)5-10(9)13/h3-5,7,11,14H,6H2,1-2H3. The largest absolute Gasteiger partial charge is 0.386 e. The topological polar surface area (TPSA) is 29.5 Å². The van der Waals surface area contributed by atoms with Gasteiger partial charge in [0.1, 0.15) is 6.10 Å². The summed E-state index contributed by atoms with van der Waals surface area (Å²) in [6, 6.07) is 5.40. The fourth-order valence-corrected chi connectivity index (χ4v) is 1.94. The van der Waals surface area contributed by atoms with Crippen LogP contribution in [0.4, 0.5) is 0 Å². The second-order valence-corrected chi connectivity index (χ2v) is 4.89. The summed E-state index contributed by atoms with van der Waals surface area (Å²) < 4.78 is 6.22. The van der Waals surface area contributed by atoms with Gasteiger partial charge < -0.3 is 9.84 Å². The minimum absolute atomic E-state index is 0.105. The van der Waals surface area contributed by atoms with Gasteiger partial charge in [-0.3, -0.25) is 0 Å². The van der Waals surface area contributed by atoms with Crippen LogP contribution in [0.25, 0.3) is 0 Å². The third kappa shape index (κ3) is 4.11. The van der Waals surface area contributed by atoms with Crippen LogP contribution in [0.1, 0.15) is 25.5 Å². The SMILES string of the molecule is CC(C)OCC(O)c1ccc(Br)cc1Cl. The molecule has 0 aliphatic rings. The van der Waals surface area contributed by atoms with Crippen LogP contribution in [0.3, 0.4) is 0 Å². The van der Waals surface area contributed by atoms with Crippen molar-refractivity contribution >= 4 is 27.5 Å². The molecule has 0 saturated heterocycles. The number of rotatable bonds is 4. The van der Waals surface area contributed by atoms with Crippen molar-refractivity contribution in [3.8, 4) is 0 Å². The molecule has 0 amide bonds. The van der Waals surface area contributed by atoms with E-state index in [4.69, 9.17) is 16.3 Å². The lowest BCUT2D eigenvalue weighted by Gasteiger charge is -2.15. The van der Waals surface area contributed by atoms with E-state index < -0.39 is 6.10 Å². The molecule has 0 aliphatic heterocycles. The van der Waals surface area contributed by atoms with Crippen molar-refractivity contribution < 1.29 is 9.84 Å². The van der Waals surface area contributed by atoms with Crippen molar-refractivity contribution in [2.45, 2.75) is 26.1 Å². The first-order valence-corrected chi connectivity index (χ1v) is 5.92. The fraction of sp³-hybridized carbons (Fsp3) is 0.455. The van der Waals surface area contributed by atoms with Crippen LogP contribution in [-0.4, -0.2) is 17.8 Å². The molecule has 1 aromatic rings. The molecule has 0 aromatic heterocycles. The summed E-state index contributed by atoms with van der Waals surface area (Å²) in [5.74, 6) is 0. The van der Waals surface area contributed by atoms with Crippen molar-refractivity contribution in [3.63, 3.8) is 0 Å². The van der Waals surface area contributed by atoms with Crippen LogP contribution in [0.2, 0.25) is 5.02 Å². The zero-order valence-electron chi connectivity index (χ0n) is 8.71. The Morgan fingerprint density at radius 2 is 2.13 bits per heavy atom. The Kier molecular flexibility index (Phi) is 5.06. The first-order valence-electron chi connectivity index (χ1n) is 4.75. The van der Waals surface area contributed by atoms with Gasteiger partial charge in [-0.15, -0.1) is 0 Å². The maximum atomic E-state index is 9.82. The highest BCUT2D eigenvalue weighted by Crippen LogP contribution is 2.26. The highest BCUT2D eigenvalue weighted by Gasteiger charge is 2.12. The molecule has 0 radical (unpaired) electrons. The number of halogens is 2. The highest BCUT2D eigenvalue weighted by molar-refractivity contribution is 9.10. The summed E-state index contributed by atoms with van der Waals surface area (Å²) in [4.78, 5) is 0. The molecular formula is C11H14BrClO2. The van der Waals surface area contributed by atoms with Crippen LogP contribution < -0.4 is 0 Å². The number of aliphatic hydroxyl groups excluding tert-OH is 1. The number of aliphatic hydroxyl groups is 1. The first kappa shape index (κ1) is 13.0. The minimum Gasteiger partial charge on any atom is -0.386 e. The third-order valence-electron chi connectivity index (χ3n) is 1.91. The molecule has 0 heterocycles. The van der Waals surface area contributed by atoms with Crippen molar-refractivity contribution in [1.29, 1.82) is 0 Å². The Balaban J connectivity index is 2.69. The molecule has 15 heavy (non-hydrogen) atoms. The average Bonchev–Trinajstić information content (AvgIpc) is 2.14. The molecule has 0 spiro atoms. The second kappa shape index (κ2) is 5.85. The predicted molar refractivity (Wildman–Crippen MR) is 65.2 cm³/mol. The van der Waals surface area contributed by atoms with Gasteiger partial charge in [-0.1, -0.05) is 33.6 Å². The number of benzene rings is 1. The second-order valence-electron chi connectivity index (χ2n) is 3.56. The molecule has 84 valence electrons. The molecule has 1 rings (SSSR count). The fourth-order valence-electron chi connectivity index (χ4n) is 1.15. The van der Waals surface area contributed by atoms with E-state index in [9.17, 15) is 5.11 Å². The van der Waals surface area contributed by atoms with Gasteiger partial charge in [0.25, 0.3) is 0 Å². The summed E-state index contributed by atoms with van der Waals surface area (Å²) in [6.07, 6.45) is -0.568. The van der Waals surface area contributed by atoms with E-state index in [2.05, 4.69) is 15.9 Å². The lowest BCUT2D eigenvalue weighted by Crippen LogP contribution is -2.12. The smallest absolute Gasteiger partial charge is 0.104 e. The number of hydrogen-bond donors (Lipinski definition) is 1. The Morgan fingerprint density at radius 3 is 2.67 bits per heavy atom. The molecule has 1 aromatic carbocycles. The number of ether oxygens (including phenoxy) is 1. The monoisotopic (exact) mass is 292 g/mol. The first-order chi connectivity index (χ1) is 7.00. The Labute approximate surface area is 103 Å². The normalized spacial score (nSPS) is 13.2. The summed E-state index contributed by atoms with van der Waals surface area (Å²) in [7, 11) is 0. The van der Waals surface area contributed by atoms with E-state index in [0.29, 0.717) is 10.6 Å². The van der Waals surface area contributed by atoms with Crippen molar-refractivity contribution in [3.05, 3.63) is 33.3 Å². The van der Waals surface area contributed by atoms with Gasteiger partial charge in [-0.2, -0.15) is 0 Å². The lowest BCUT2D eigenvalue weighted by molar-refractivity contribution is 0.00496. The Bertz CT molecular complexity index is 328. The van der Waals surface area contributed by atoms with Crippen LogP contribution in [0, 0.1) is 0 Å². The van der Waals surface area contributed by atoms with Crippen LogP contribution >= 0.6 is 27.5 Å². The van der Waals surface area contributed by atoms with E-state index in [1.165, 1.54) is 0 Å². The van der Waals surface area contributed by atoms with E-state index in [0.717, 1.165) is 4.47 Å². The van der Waals surface area contributed by atoms with Gasteiger partial charge in [0.05, 0.1) is 12.7 Å². The maximum Gasteiger partial charge on any atom is 0.104 e. The van der Waals surface area contributed by atoms with Crippen LogP contribution in [0.5, 0.6) is 0 Å². The molecule has 0 saturated carbocycles. The van der Waals surface area contributed by atoms with E-state index >= 15 is 0 Å². The Hall–Kier alpha value is -0.0900. The summed E-state index contributed by atoms with van der Waals surface area (Å²) in [5, 5.41) is 10.4.